The van der Waals surface area contributed by atoms with Crippen molar-refractivity contribution in [3.8, 4) is 79.8 Å². The van der Waals surface area contributed by atoms with Gasteiger partial charge < -0.3 is 9.15 Å². The number of furan rings is 1. The fourth-order valence-electron chi connectivity index (χ4n) is 8.08. The molecule has 1 aliphatic heterocycles. The first-order valence-corrected chi connectivity index (χ1v) is 19.5. The number of fused-ring (bicyclic) bond motifs is 5. The standard InChI is InChI=1S/C51H34N6O2/c1-51(2)38-25-10-12-28-41(38)59-44-37(24-14-26-39(44)51)50-55-46(32-18-7-4-8-19-32)53-48(57-50)34-21-13-20-33(30-34)47-52-45(31-16-5-3-6-17-31)54-49(56-47)36-23-15-29-42-43(36)35-22-9-11-27-40(35)58-42/h3-30H,1-2H3. The molecule has 3 aromatic heterocycles. The van der Waals surface area contributed by atoms with E-state index in [0.29, 0.717) is 34.9 Å². The zero-order chi connectivity index (χ0) is 39.5. The van der Waals surface area contributed by atoms with Crippen molar-refractivity contribution in [1.29, 1.82) is 0 Å². The number of benzene rings is 7. The van der Waals surface area contributed by atoms with E-state index in [2.05, 4.69) is 44.2 Å². The smallest absolute Gasteiger partial charge is 0.167 e. The first-order valence-electron chi connectivity index (χ1n) is 19.5. The number of rotatable bonds is 6. The molecule has 10 aromatic rings. The monoisotopic (exact) mass is 762 g/mol. The molecular weight excluding hydrogens is 729 g/mol. The van der Waals surface area contributed by atoms with E-state index in [1.165, 1.54) is 0 Å². The summed E-state index contributed by atoms with van der Waals surface area (Å²) in [6.45, 7) is 4.45. The van der Waals surface area contributed by atoms with E-state index < -0.39 is 0 Å². The van der Waals surface area contributed by atoms with Crippen molar-refractivity contribution < 1.29 is 9.15 Å². The van der Waals surface area contributed by atoms with Gasteiger partial charge in [0.05, 0.1) is 5.56 Å². The van der Waals surface area contributed by atoms with Crippen LogP contribution >= 0.6 is 0 Å². The molecule has 0 amide bonds. The molecule has 0 bridgehead atoms. The molecule has 0 aliphatic carbocycles. The molecule has 8 heteroatoms. The van der Waals surface area contributed by atoms with Crippen molar-refractivity contribution >= 4 is 21.9 Å². The van der Waals surface area contributed by atoms with Crippen molar-refractivity contribution in [1.82, 2.24) is 29.9 Å². The molecule has 0 unspecified atom stereocenters. The highest BCUT2D eigenvalue weighted by Gasteiger charge is 2.36. The van der Waals surface area contributed by atoms with Gasteiger partial charge in [-0.15, -0.1) is 0 Å². The van der Waals surface area contributed by atoms with Crippen LogP contribution in [-0.4, -0.2) is 29.9 Å². The minimum absolute atomic E-state index is 0.301. The van der Waals surface area contributed by atoms with Gasteiger partial charge in [0, 0.05) is 55.1 Å². The van der Waals surface area contributed by atoms with Crippen LogP contribution in [0.3, 0.4) is 0 Å². The van der Waals surface area contributed by atoms with Crippen molar-refractivity contribution in [3.05, 3.63) is 181 Å². The Kier molecular flexibility index (Phi) is 7.97. The van der Waals surface area contributed by atoms with Crippen LogP contribution in [0.4, 0.5) is 0 Å². The van der Waals surface area contributed by atoms with Crippen molar-refractivity contribution in [2.45, 2.75) is 19.3 Å². The molecule has 0 saturated heterocycles. The summed E-state index contributed by atoms with van der Waals surface area (Å²) in [6.07, 6.45) is 0. The van der Waals surface area contributed by atoms with Crippen LogP contribution in [-0.2, 0) is 5.41 Å². The number of para-hydroxylation sites is 3. The molecule has 0 spiro atoms. The van der Waals surface area contributed by atoms with Gasteiger partial charge >= 0.3 is 0 Å². The molecule has 11 rings (SSSR count). The van der Waals surface area contributed by atoms with Gasteiger partial charge in [-0.3, -0.25) is 0 Å². The van der Waals surface area contributed by atoms with Gasteiger partial charge in [0.1, 0.15) is 22.7 Å². The Bertz CT molecular complexity index is 3230. The molecule has 4 heterocycles. The first kappa shape index (κ1) is 34.4. The Hall–Kier alpha value is -7.84. The molecule has 1 aliphatic rings. The van der Waals surface area contributed by atoms with Crippen LogP contribution < -0.4 is 4.74 Å². The van der Waals surface area contributed by atoms with E-state index in [9.17, 15) is 0 Å². The van der Waals surface area contributed by atoms with Crippen LogP contribution in [0.2, 0.25) is 0 Å². The van der Waals surface area contributed by atoms with Crippen LogP contribution in [0.15, 0.2) is 174 Å². The molecule has 280 valence electrons. The molecule has 0 saturated carbocycles. The summed E-state index contributed by atoms with van der Waals surface area (Å²) < 4.78 is 12.9. The minimum atomic E-state index is -0.301. The lowest BCUT2D eigenvalue weighted by Crippen LogP contribution is -2.24. The lowest BCUT2D eigenvalue weighted by Gasteiger charge is -2.35. The highest BCUT2D eigenvalue weighted by Crippen LogP contribution is 2.51. The largest absolute Gasteiger partial charge is 0.456 e. The third-order valence-corrected chi connectivity index (χ3v) is 11.1. The summed E-state index contributed by atoms with van der Waals surface area (Å²) in [5.41, 5.74) is 8.45. The van der Waals surface area contributed by atoms with E-state index in [1.54, 1.807) is 0 Å². The maximum absolute atomic E-state index is 6.68. The minimum Gasteiger partial charge on any atom is -0.456 e. The topological polar surface area (TPSA) is 99.7 Å². The predicted molar refractivity (Wildman–Crippen MR) is 232 cm³/mol. The first-order chi connectivity index (χ1) is 29.0. The lowest BCUT2D eigenvalue weighted by atomic mass is 9.75. The average Bonchev–Trinajstić information content (AvgIpc) is 3.68. The van der Waals surface area contributed by atoms with Crippen LogP contribution in [0.5, 0.6) is 11.5 Å². The number of hydrogen-bond acceptors (Lipinski definition) is 8. The Morgan fingerprint density at radius 2 is 0.864 bits per heavy atom. The Morgan fingerprint density at radius 1 is 0.390 bits per heavy atom. The van der Waals surface area contributed by atoms with Crippen LogP contribution in [0, 0.1) is 0 Å². The van der Waals surface area contributed by atoms with E-state index in [4.69, 9.17) is 39.1 Å². The van der Waals surface area contributed by atoms with Crippen LogP contribution in [0.1, 0.15) is 25.0 Å². The Labute approximate surface area is 340 Å². The summed E-state index contributed by atoms with van der Waals surface area (Å²) >= 11 is 0. The maximum Gasteiger partial charge on any atom is 0.167 e. The van der Waals surface area contributed by atoms with Gasteiger partial charge in [0.25, 0.3) is 0 Å². The fraction of sp³-hybridized carbons (Fsp3) is 0.0588. The van der Waals surface area contributed by atoms with Crippen molar-refractivity contribution in [2.75, 3.05) is 0 Å². The maximum atomic E-state index is 6.68. The van der Waals surface area contributed by atoms with Crippen LogP contribution in [0.25, 0.3) is 90.3 Å². The van der Waals surface area contributed by atoms with E-state index in [-0.39, 0.29) is 5.41 Å². The fourth-order valence-corrected chi connectivity index (χ4v) is 8.08. The van der Waals surface area contributed by atoms with Gasteiger partial charge in [-0.2, -0.15) is 0 Å². The number of aromatic nitrogens is 6. The average molecular weight is 763 g/mol. The summed E-state index contributed by atoms with van der Waals surface area (Å²) in [5, 5.41) is 1.96. The molecule has 0 N–H and O–H groups in total. The number of nitrogens with zero attached hydrogens (tertiary/aromatic N) is 6. The van der Waals surface area contributed by atoms with Gasteiger partial charge in [0.2, 0.25) is 0 Å². The van der Waals surface area contributed by atoms with Crippen molar-refractivity contribution in [2.24, 2.45) is 0 Å². The molecule has 0 fully saturated rings. The number of hydrogen-bond donors (Lipinski definition) is 0. The lowest BCUT2D eigenvalue weighted by molar-refractivity contribution is 0.419. The quantitative estimate of drug-likeness (QED) is 0.165. The van der Waals surface area contributed by atoms with E-state index in [1.807, 2.05) is 140 Å². The third-order valence-electron chi connectivity index (χ3n) is 11.1. The van der Waals surface area contributed by atoms with E-state index in [0.717, 1.165) is 77.9 Å². The van der Waals surface area contributed by atoms with Gasteiger partial charge in [-0.1, -0.05) is 153 Å². The zero-order valence-electron chi connectivity index (χ0n) is 32.2. The predicted octanol–water partition coefficient (Wildman–Crippen LogP) is 12.4. The van der Waals surface area contributed by atoms with Gasteiger partial charge in [0.15, 0.2) is 34.9 Å². The molecule has 59 heavy (non-hydrogen) atoms. The normalized spacial score (nSPS) is 12.8. The SMILES string of the molecule is CC1(C)c2ccccc2Oc2c(-c3nc(-c4ccccc4)nc(-c4cccc(-c5nc(-c6ccccc6)nc(-c6cccc7oc8ccccc8c67)n5)c4)n3)cccc21. The second-order valence-electron chi connectivity index (χ2n) is 15.1. The van der Waals surface area contributed by atoms with Gasteiger partial charge in [-0.25, -0.2) is 29.9 Å². The Morgan fingerprint density at radius 3 is 1.56 bits per heavy atom. The summed E-state index contributed by atoms with van der Waals surface area (Å²) in [4.78, 5) is 30.6. The highest BCUT2D eigenvalue weighted by molar-refractivity contribution is 6.11. The van der Waals surface area contributed by atoms with Crippen molar-refractivity contribution in [3.63, 3.8) is 0 Å². The summed E-state index contributed by atoms with van der Waals surface area (Å²) in [5.74, 6) is 4.77. The third kappa shape index (κ3) is 5.92. The van der Waals surface area contributed by atoms with Gasteiger partial charge in [-0.05, 0) is 30.3 Å². The summed E-state index contributed by atoms with van der Waals surface area (Å²) in [6, 6.07) is 56.4. The zero-order valence-corrected chi connectivity index (χ0v) is 32.2. The molecule has 8 nitrogen and oxygen atoms in total. The molecular formula is C51H34N6O2. The molecule has 0 radical (unpaired) electrons. The van der Waals surface area contributed by atoms with E-state index >= 15 is 0 Å². The molecule has 7 aromatic carbocycles. The number of ether oxygens (including phenoxy) is 1. The second-order valence-corrected chi connectivity index (χ2v) is 15.1. The highest BCUT2D eigenvalue weighted by atomic mass is 16.5. The molecule has 0 atom stereocenters. The Balaban J connectivity index is 1.08. The second kappa shape index (κ2) is 13.7. The summed E-state index contributed by atoms with van der Waals surface area (Å²) in [7, 11) is 0.